The Morgan fingerprint density at radius 1 is 1.06 bits per heavy atom. The minimum Gasteiger partial charge on any atom is -0.281 e. The molecule has 1 fully saturated rings. The topological polar surface area (TPSA) is 34.1 Å². The van der Waals surface area contributed by atoms with E-state index >= 15 is 0 Å². The van der Waals surface area contributed by atoms with Gasteiger partial charge in [0, 0.05) is 11.8 Å². The van der Waals surface area contributed by atoms with Crippen molar-refractivity contribution in [3.63, 3.8) is 0 Å². The molecule has 2 nitrogen and oxygen atoms in total. The molecule has 0 aromatic heterocycles. The van der Waals surface area contributed by atoms with Crippen molar-refractivity contribution >= 4 is 33.7 Å². The molecule has 0 amide bonds. The van der Waals surface area contributed by atoms with E-state index in [0.717, 1.165) is 25.7 Å². The summed E-state index contributed by atoms with van der Waals surface area (Å²) in [5, 5.41) is -0.776. The van der Waals surface area contributed by atoms with Gasteiger partial charge in [-0.2, -0.15) is 0 Å². The number of unbranched alkanes of at least 4 members (excludes halogenated alkanes) is 3. The zero-order valence-corrected chi connectivity index (χ0v) is 12.5. The van der Waals surface area contributed by atoms with Crippen molar-refractivity contribution in [2.45, 2.75) is 58.3 Å². The Morgan fingerprint density at radius 2 is 1.78 bits per heavy atom. The molecule has 0 aromatic carbocycles. The fourth-order valence-electron chi connectivity index (χ4n) is 3.04. The first-order chi connectivity index (χ1) is 8.57. The summed E-state index contributed by atoms with van der Waals surface area (Å²) in [4.78, 5) is 23.0. The summed E-state index contributed by atoms with van der Waals surface area (Å²) in [6, 6.07) is 0. The standard InChI is InChI=1S/C14H22Cl2O2/c1-2-3-4-5-7-10-8-6-9-11(13(15)17)12(10)14(16)18/h10-12H,2-9H2,1H3. The second-order valence-electron chi connectivity index (χ2n) is 5.28. The lowest BCUT2D eigenvalue weighted by atomic mass is 9.71. The van der Waals surface area contributed by atoms with Crippen LogP contribution in [-0.2, 0) is 9.59 Å². The van der Waals surface area contributed by atoms with E-state index in [1.165, 1.54) is 19.3 Å². The summed E-state index contributed by atoms with van der Waals surface area (Å²) in [5.41, 5.74) is 0. The maximum absolute atomic E-state index is 11.6. The van der Waals surface area contributed by atoms with Crippen LogP contribution in [0.5, 0.6) is 0 Å². The minimum absolute atomic E-state index is 0.244. The summed E-state index contributed by atoms with van der Waals surface area (Å²) in [7, 11) is 0. The van der Waals surface area contributed by atoms with Crippen LogP contribution in [0.3, 0.4) is 0 Å². The van der Waals surface area contributed by atoms with E-state index in [2.05, 4.69) is 6.92 Å². The third-order valence-electron chi connectivity index (χ3n) is 4.01. The molecular weight excluding hydrogens is 271 g/mol. The summed E-state index contributed by atoms with van der Waals surface area (Å²) < 4.78 is 0. The Hall–Kier alpha value is -0.0800. The Kier molecular flexibility index (Phi) is 7.25. The van der Waals surface area contributed by atoms with Crippen LogP contribution in [0.4, 0.5) is 0 Å². The van der Waals surface area contributed by atoms with Gasteiger partial charge in [-0.1, -0.05) is 39.0 Å². The minimum atomic E-state index is -0.396. The van der Waals surface area contributed by atoms with Crippen LogP contribution >= 0.6 is 23.2 Å². The lowest BCUT2D eigenvalue weighted by molar-refractivity contribution is -0.127. The molecule has 18 heavy (non-hydrogen) atoms. The van der Waals surface area contributed by atoms with Crippen molar-refractivity contribution in [3.05, 3.63) is 0 Å². The third-order valence-corrected chi connectivity index (χ3v) is 4.55. The van der Waals surface area contributed by atoms with Crippen LogP contribution in [-0.4, -0.2) is 10.5 Å². The molecule has 3 unspecified atom stereocenters. The molecule has 0 aromatic rings. The van der Waals surface area contributed by atoms with Gasteiger partial charge in [-0.15, -0.1) is 0 Å². The molecule has 1 rings (SSSR count). The van der Waals surface area contributed by atoms with E-state index in [-0.39, 0.29) is 23.0 Å². The summed E-state index contributed by atoms with van der Waals surface area (Å²) in [6.45, 7) is 2.17. The molecule has 0 spiro atoms. The number of carbonyl (C=O) groups is 2. The number of halogens is 2. The highest BCUT2D eigenvalue weighted by atomic mass is 35.5. The molecule has 0 heterocycles. The predicted molar refractivity (Wildman–Crippen MR) is 74.8 cm³/mol. The monoisotopic (exact) mass is 292 g/mol. The second kappa shape index (κ2) is 8.16. The molecule has 0 bridgehead atoms. The van der Waals surface area contributed by atoms with Crippen molar-refractivity contribution in [2.75, 3.05) is 0 Å². The van der Waals surface area contributed by atoms with Crippen LogP contribution in [0.1, 0.15) is 58.3 Å². The highest BCUT2D eigenvalue weighted by Crippen LogP contribution is 2.40. The smallest absolute Gasteiger partial charge is 0.225 e. The molecule has 4 heteroatoms. The van der Waals surface area contributed by atoms with E-state index in [9.17, 15) is 9.59 Å². The van der Waals surface area contributed by atoms with Gasteiger partial charge in [0.2, 0.25) is 10.5 Å². The van der Waals surface area contributed by atoms with Gasteiger partial charge in [0.25, 0.3) is 0 Å². The Labute approximate surface area is 119 Å². The average molecular weight is 293 g/mol. The quantitative estimate of drug-likeness (QED) is 0.511. The lowest BCUT2D eigenvalue weighted by Gasteiger charge is -2.34. The molecular formula is C14H22Cl2O2. The van der Waals surface area contributed by atoms with Gasteiger partial charge in [-0.25, -0.2) is 0 Å². The highest BCUT2D eigenvalue weighted by Gasteiger charge is 2.40. The number of hydrogen-bond acceptors (Lipinski definition) is 2. The summed E-state index contributed by atoms with van der Waals surface area (Å²) in [5.74, 6) is -0.470. The fraction of sp³-hybridized carbons (Fsp3) is 0.857. The van der Waals surface area contributed by atoms with E-state index in [0.29, 0.717) is 6.42 Å². The number of rotatable bonds is 7. The van der Waals surface area contributed by atoms with Crippen LogP contribution in [0.15, 0.2) is 0 Å². The maximum Gasteiger partial charge on any atom is 0.225 e. The van der Waals surface area contributed by atoms with Gasteiger partial charge in [0.15, 0.2) is 0 Å². The molecule has 1 saturated carbocycles. The summed E-state index contributed by atoms with van der Waals surface area (Å²) in [6.07, 6.45) is 8.40. The first-order valence-electron chi connectivity index (χ1n) is 6.96. The molecule has 0 aliphatic heterocycles. The van der Waals surface area contributed by atoms with Crippen molar-refractivity contribution in [2.24, 2.45) is 17.8 Å². The van der Waals surface area contributed by atoms with Gasteiger partial charge in [0.1, 0.15) is 0 Å². The van der Waals surface area contributed by atoms with Crippen LogP contribution in [0.25, 0.3) is 0 Å². The van der Waals surface area contributed by atoms with E-state index < -0.39 is 5.24 Å². The molecule has 1 aliphatic carbocycles. The molecule has 0 N–H and O–H groups in total. The Balaban J connectivity index is 2.57. The molecule has 1 aliphatic rings. The lowest BCUT2D eigenvalue weighted by Crippen LogP contribution is -2.35. The van der Waals surface area contributed by atoms with Crippen molar-refractivity contribution in [1.82, 2.24) is 0 Å². The Bertz CT molecular complexity index is 292. The molecule has 0 saturated heterocycles. The van der Waals surface area contributed by atoms with E-state index in [1.807, 2.05) is 0 Å². The largest absolute Gasteiger partial charge is 0.281 e. The molecule has 3 atom stereocenters. The van der Waals surface area contributed by atoms with Crippen molar-refractivity contribution < 1.29 is 9.59 Å². The zero-order chi connectivity index (χ0) is 13.5. The zero-order valence-electron chi connectivity index (χ0n) is 11.0. The third kappa shape index (κ3) is 4.55. The van der Waals surface area contributed by atoms with Crippen LogP contribution in [0, 0.1) is 17.8 Å². The van der Waals surface area contributed by atoms with Gasteiger partial charge < -0.3 is 0 Å². The fourth-order valence-corrected chi connectivity index (χ4v) is 3.62. The number of carbonyl (C=O) groups excluding carboxylic acids is 2. The van der Waals surface area contributed by atoms with E-state index in [1.54, 1.807) is 0 Å². The van der Waals surface area contributed by atoms with Crippen LogP contribution < -0.4 is 0 Å². The first kappa shape index (κ1) is 16.0. The second-order valence-corrected chi connectivity index (χ2v) is 6.03. The van der Waals surface area contributed by atoms with Crippen molar-refractivity contribution in [1.29, 1.82) is 0 Å². The van der Waals surface area contributed by atoms with Gasteiger partial charge in [-0.3, -0.25) is 9.59 Å². The van der Waals surface area contributed by atoms with E-state index in [4.69, 9.17) is 23.2 Å². The maximum atomic E-state index is 11.6. The Morgan fingerprint density at radius 3 is 2.33 bits per heavy atom. The van der Waals surface area contributed by atoms with Gasteiger partial charge in [-0.05, 0) is 48.4 Å². The summed E-state index contributed by atoms with van der Waals surface area (Å²) >= 11 is 11.3. The van der Waals surface area contributed by atoms with Crippen LogP contribution in [0.2, 0.25) is 0 Å². The van der Waals surface area contributed by atoms with Crippen molar-refractivity contribution in [3.8, 4) is 0 Å². The normalized spacial score (nSPS) is 28.1. The first-order valence-corrected chi connectivity index (χ1v) is 7.72. The molecule has 104 valence electrons. The molecule has 0 radical (unpaired) electrons. The predicted octanol–water partition coefficient (Wildman–Crippen LogP) is 4.52. The number of hydrogen-bond donors (Lipinski definition) is 0. The van der Waals surface area contributed by atoms with Gasteiger partial charge in [0.05, 0.1) is 0 Å². The SMILES string of the molecule is CCCCCCC1CCCC(C(=O)Cl)C1C(=O)Cl. The van der Waals surface area contributed by atoms with Gasteiger partial charge >= 0.3 is 0 Å². The highest BCUT2D eigenvalue weighted by molar-refractivity contribution is 6.66. The average Bonchev–Trinajstić information content (AvgIpc) is 2.33.